The molecule has 0 aliphatic carbocycles. The monoisotopic (exact) mass is 320 g/mol. The van der Waals surface area contributed by atoms with E-state index >= 15 is 0 Å². The van der Waals surface area contributed by atoms with Crippen LogP contribution in [0.3, 0.4) is 0 Å². The maximum atomic E-state index is 14.0. The van der Waals surface area contributed by atoms with Crippen LogP contribution in [0.2, 0.25) is 0 Å². The Balaban J connectivity index is 1.77. The summed E-state index contributed by atoms with van der Waals surface area (Å²) in [7, 11) is 0. The van der Waals surface area contributed by atoms with Crippen LogP contribution < -0.4 is 0 Å². The van der Waals surface area contributed by atoms with Gasteiger partial charge in [-0.25, -0.2) is 14.2 Å². The predicted molar refractivity (Wildman–Crippen MR) is 79.5 cm³/mol. The molecule has 1 N–H and O–H groups in total. The zero-order chi connectivity index (χ0) is 15.7. The van der Waals surface area contributed by atoms with Crippen molar-refractivity contribution in [2.24, 2.45) is 0 Å². The summed E-state index contributed by atoms with van der Waals surface area (Å²) in [4.78, 5) is 28.7. The second-order valence-electron chi connectivity index (χ2n) is 5.15. The van der Waals surface area contributed by atoms with Gasteiger partial charge < -0.3 is 10.0 Å². The highest BCUT2D eigenvalue weighted by molar-refractivity contribution is 7.13. The van der Waals surface area contributed by atoms with Gasteiger partial charge in [-0.15, -0.1) is 11.3 Å². The Morgan fingerprint density at radius 2 is 2.05 bits per heavy atom. The van der Waals surface area contributed by atoms with Crippen molar-refractivity contribution >= 4 is 23.2 Å². The summed E-state index contributed by atoms with van der Waals surface area (Å²) < 4.78 is 14.0. The van der Waals surface area contributed by atoms with Crippen LogP contribution in [0.1, 0.15) is 16.9 Å². The standard InChI is InChI=1S/C15H13FN2O3S/c16-15(14(20)21)6-7-18(9-15)13(19)11-8-22-12(17-11)10-4-2-1-3-5-10/h1-5,8H,6-7,9H2,(H,20,21). The van der Waals surface area contributed by atoms with E-state index in [2.05, 4.69) is 4.98 Å². The van der Waals surface area contributed by atoms with Gasteiger partial charge in [0, 0.05) is 23.9 Å². The first kappa shape index (κ1) is 14.6. The van der Waals surface area contributed by atoms with Gasteiger partial charge in [0.25, 0.3) is 5.91 Å². The van der Waals surface area contributed by atoms with Crippen LogP contribution >= 0.6 is 11.3 Å². The average Bonchev–Trinajstić information content (AvgIpc) is 3.15. The van der Waals surface area contributed by atoms with Crippen LogP contribution in [-0.4, -0.2) is 45.6 Å². The van der Waals surface area contributed by atoms with E-state index in [0.29, 0.717) is 5.01 Å². The molecule has 0 spiro atoms. The Hall–Kier alpha value is -2.28. The van der Waals surface area contributed by atoms with Crippen LogP contribution in [0.15, 0.2) is 35.7 Å². The number of amides is 1. The number of carbonyl (C=O) groups is 2. The quantitative estimate of drug-likeness (QED) is 0.943. The second-order valence-corrected chi connectivity index (χ2v) is 6.01. The Morgan fingerprint density at radius 1 is 1.32 bits per heavy atom. The van der Waals surface area contributed by atoms with Gasteiger partial charge in [0.2, 0.25) is 5.67 Å². The number of thiazole rings is 1. The number of likely N-dealkylation sites (tertiary alicyclic amines) is 1. The molecule has 2 heterocycles. The molecule has 1 atom stereocenters. The van der Waals surface area contributed by atoms with Gasteiger partial charge in [-0.2, -0.15) is 0 Å². The molecule has 0 saturated carbocycles. The number of carboxylic acid groups (broad SMARTS) is 1. The minimum atomic E-state index is -2.35. The van der Waals surface area contributed by atoms with Crippen molar-refractivity contribution in [3.8, 4) is 10.6 Å². The molecule has 1 saturated heterocycles. The van der Waals surface area contributed by atoms with Crippen LogP contribution in [0.25, 0.3) is 10.6 Å². The lowest BCUT2D eigenvalue weighted by Gasteiger charge is -2.16. The molecule has 1 fully saturated rings. The molecule has 2 aromatic rings. The minimum Gasteiger partial charge on any atom is -0.479 e. The Labute approximate surface area is 130 Å². The average molecular weight is 320 g/mol. The largest absolute Gasteiger partial charge is 0.479 e. The zero-order valence-corrected chi connectivity index (χ0v) is 12.3. The summed E-state index contributed by atoms with van der Waals surface area (Å²) in [5.74, 6) is -1.95. The molecule has 5 nitrogen and oxygen atoms in total. The topological polar surface area (TPSA) is 70.5 Å². The van der Waals surface area contributed by atoms with E-state index in [9.17, 15) is 14.0 Å². The molecule has 1 aliphatic rings. The highest BCUT2D eigenvalue weighted by atomic mass is 32.1. The van der Waals surface area contributed by atoms with Crippen molar-refractivity contribution in [2.45, 2.75) is 12.1 Å². The predicted octanol–water partition coefficient (Wildman–Crippen LogP) is 2.45. The third-order valence-electron chi connectivity index (χ3n) is 3.63. The Kier molecular flexibility index (Phi) is 3.66. The first-order valence-corrected chi connectivity index (χ1v) is 7.60. The fourth-order valence-corrected chi connectivity index (χ4v) is 3.17. The molecule has 1 aromatic heterocycles. The minimum absolute atomic E-state index is 0.0832. The third kappa shape index (κ3) is 2.59. The van der Waals surface area contributed by atoms with Crippen LogP contribution in [0.4, 0.5) is 4.39 Å². The fourth-order valence-electron chi connectivity index (χ4n) is 2.37. The van der Waals surface area contributed by atoms with Crippen molar-refractivity contribution in [1.82, 2.24) is 9.88 Å². The molecular weight excluding hydrogens is 307 g/mol. The zero-order valence-electron chi connectivity index (χ0n) is 11.5. The van der Waals surface area contributed by atoms with Crippen molar-refractivity contribution in [3.05, 3.63) is 41.4 Å². The maximum absolute atomic E-state index is 14.0. The molecule has 1 amide bonds. The van der Waals surface area contributed by atoms with Gasteiger partial charge in [0.1, 0.15) is 10.7 Å². The number of hydrogen-bond donors (Lipinski definition) is 1. The van der Waals surface area contributed by atoms with Crippen LogP contribution in [-0.2, 0) is 4.79 Å². The molecule has 3 rings (SSSR count). The number of hydrogen-bond acceptors (Lipinski definition) is 4. The number of carbonyl (C=O) groups excluding carboxylic acids is 1. The Bertz CT molecular complexity index is 719. The van der Waals surface area contributed by atoms with E-state index in [1.807, 2.05) is 30.3 Å². The lowest BCUT2D eigenvalue weighted by atomic mass is 10.1. The normalized spacial score (nSPS) is 21.0. The van der Waals surface area contributed by atoms with E-state index < -0.39 is 24.1 Å². The van der Waals surface area contributed by atoms with E-state index in [1.54, 1.807) is 5.38 Å². The lowest BCUT2D eigenvalue weighted by Crippen LogP contribution is -2.39. The van der Waals surface area contributed by atoms with E-state index in [0.717, 1.165) is 5.56 Å². The highest BCUT2D eigenvalue weighted by Crippen LogP contribution is 2.29. The van der Waals surface area contributed by atoms with Crippen LogP contribution in [0, 0.1) is 0 Å². The molecule has 22 heavy (non-hydrogen) atoms. The molecule has 0 radical (unpaired) electrons. The summed E-state index contributed by atoms with van der Waals surface area (Å²) in [6.07, 6.45) is -0.191. The van der Waals surface area contributed by atoms with Crippen molar-refractivity contribution in [3.63, 3.8) is 0 Å². The summed E-state index contributed by atoms with van der Waals surface area (Å²) in [5.41, 5.74) is -1.23. The number of benzene rings is 1. The van der Waals surface area contributed by atoms with Gasteiger partial charge in [-0.05, 0) is 0 Å². The number of alkyl halides is 1. The van der Waals surface area contributed by atoms with Crippen molar-refractivity contribution in [2.75, 3.05) is 13.1 Å². The smallest absolute Gasteiger partial charge is 0.343 e. The van der Waals surface area contributed by atoms with Crippen molar-refractivity contribution < 1.29 is 19.1 Å². The summed E-state index contributed by atoms with van der Waals surface area (Å²) in [5, 5.41) is 11.2. The van der Waals surface area contributed by atoms with E-state index in [-0.39, 0.29) is 18.7 Å². The SMILES string of the molecule is O=C(c1csc(-c2ccccc2)n1)N1CCC(F)(C(=O)O)C1. The summed E-state index contributed by atoms with van der Waals surface area (Å²) in [6.45, 7) is -0.348. The molecular formula is C15H13FN2O3S. The van der Waals surface area contributed by atoms with E-state index in [4.69, 9.17) is 5.11 Å². The van der Waals surface area contributed by atoms with Gasteiger partial charge in [0.05, 0.1) is 6.54 Å². The van der Waals surface area contributed by atoms with Crippen LogP contribution in [0.5, 0.6) is 0 Å². The number of aliphatic carboxylic acids is 1. The van der Waals surface area contributed by atoms with E-state index in [1.165, 1.54) is 16.2 Å². The summed E-state index contributed by atoms with van der Waals surface area (Å²) >= 11 is 1.33. The first-order valence-electron chi connectivity index (χ1n) is 6.72. The summed E-state index contributed by atoms with van der Waals surface area (Å²) in [6, 6.07) is 9.42. The number of rotatable bonds is 3. The van der Waals surface area contributed by atoms with Gasteiger partial charge in [-0.1, -0.05) is 30.3 Å². The maximum Gasteiger partial charge on any atom is 0.343 e. The molecule has 7 heteroatoms. The lowest BCUT2D eigenvalue weighted by molar-refractivity contribution is -0.149. The molecule has 114 valence electrons. The van der Waals surface area contributed by atoms with Gasteiger partial charge in [-0.3, -0.25) is 4.79 Å². The number of nitrogens with zero attached hydrogens (tertiary/aromatic N) is 2. The Morgan fingerprint density at radius 3 is 2.68 bits per heavy atom. The highest BCUT2D eigenvalue weighted by Gasteiger charge is 2.47. The van der Waals surface area contributed by atoms with Gasteiger partial charge >= 0.3 is 5.97 Å². The van der Waals surface area contributed by atoms with Crippen molar-refractivity contribution in [1.29, 1.82) is 0 Å². The molecule has 1 aromatic carbocycles. The molecule has 0 bridgehead atoms. The van der Waals surface area contributed by atoms with Gasteiger partial charge in [0.15, 0.2) is 0 Å². The number of halogens is 1. The molecule has 1 aliphatic heterocycles. The number of carboxylic acids is 1. The number of aromatic nitrogens is 1. The fraction of sp³-hybridized carbons (Fsp3) is 0.267. The molecule has 1 unspecified atom stereocenters. The third-order valence-corrected chi connectivity index (χ3v) is 4.53. The second kappa shape index (κ2) is 5.49. The first-order chi connectivity index (χ1) is 10.5.